The number of carbonyl (C=O) groups is 2. The lowest BCUT2D eigenvalue weighted by Gasteiger charge is -2.49. The minimum Gasteiger partial charge on any atom is -0.340 e. The van der Waals surface area contributed by atoms with Gasteiger partial charge in [-0.15, -0.1) is 0 Å². The number of amides is 2. The van der Waals surface area contributed by atoms with E-state index >= 15 is 0 Å². The van der Waals surface area contributed by atoms with Crippen molar-refractivity contribution in [1.29, 1.82) is 0 Å². The van der Waals surface area contributed by atoms with Gasteiger partial charge in [-0.3, -0.25) is 14.6 Å². The van der Waals surface area contributed by atoms with E-state index in [1.807, 2.05) is 12.1 Å². The molecule has 1 N–H and O–H groups in total. The molecule has 5 heteroatoms. The second kappa shape index (κ2) is 4.83. The van der Waals surface area contributed by atoms with E-state index in [0.29, 0.717) is 6.54 Å². The molecule has 1 aliphatic carbocycles. The number of hydrogen-bond donors (Lipinski definition) is 1. The van der Waals surface area contributed by atoms with Gasteiger partial charge in [-0.2, -0.15) is 0 Å². The summed E-state index contributed by atoms with van der Waals surface area (Å²) in [6, 6.07) is 3.80. The molecule has 0 atom stereocenters. The van der Waals surface area contributed by atoms with Crippen LogP contribution in [0, 0.1) is 0 Å². The molecular formula is C16H21N3O2. The largest absolute Gasteiger partial charge is 0.340 e. The Morgan fingerprint density at radius 2 is 2.00 bits per heavy atom. The quantitative estimate of drug-likeness (QED) is 0.899. The number of pyridine rings is 1. The molecule has 112 valence electrons. The van der Waals surface area contributed by atoms with Crippen LogP contribution in [0.2, 0.25) is 0 Å². The van der Waals surface area contributed by atoms with Crippen molar-refractivity contribution < 1.29 is 9.59 Å². The maximum atomic E-state index is 12.8. The first-order valence-corrected chi connectivity index (χ1v) is 7.49. The van der Waals surface area contributed by atoms with Crippen LogP contribution in [0.15, 0.2) is 24.5 Å². The van der Waals surface area contributed by atoms with Crippen LogP contribution < -0.4 is 5.32 Å². The molecule has 5 nitrogen and oxygen atoms in total. The fraction of sp³-hybridized carbons (Fsp3) is 0.562. The zero-order valence-corrected chi connectivity index (χ0v) is 12.6. The average Bonchev–Trinajstić information content (AvgIpc) is 2.94. The van der Waals surface area contributed by atoms with E-state index in [2.05, 4.69) is 10.3 Å². The number of aromatic nitrogens is 1. The van der Waals surface area contributed by atoms with Crippen molar-refractivity contribution in [3.05, 3.63) is 30.1 Å². The molecule has 1 saturated carbocycles. The van der Waals surface area contributed by atoms with Crippen molar-refractivity contribution in [3.63, 3.8) is 0 Å². The molecule has 21 heavy (non-hydrogen) atoms. The lowest BCUT2D eigenvalue weighted by molar-refractivity contribution is -0.162. The van der Waals surface area contributed by atoms with E-state index in [1.54, 1.807) is 31.1 Å². The fourth-order valence-corrected chi connectivity index (χ4v) is 3.46. The standard InChI is InChI=1S/C16H21N3O2/c1-15(2)14(21)19(11-12-6-5-9-17-10-12)16(13(20)18-15)7-3-4-8-16/h5-6,9-10H,3-4,7-8,11H2,1-2H3,(H,18,20). The summed E-state index contributed by atoms with van der Waals surface area (Å²) in [5.74, 6) is -0.0126. The molecule has 0 radical (unpaired) electrons. The highest BCUT2D eigenvalue weighted by molar-refractivity contribution is 6.02. The molecule has 2 aliphatic rings. The zero-order valence-electron chi connectivity index (χ0n) is 12.6. The van der Waals surface area contributed by atoms with Crippen LogP contribution in [0.3, 0.4) is 0 Å². The Balaban J connectivity index is 1.98. The lowest BCUT2D eigenvalue weighted by Crippen LogP contribution is -2.73. The van der Waals surface area contributed by atoms with Gasteiger partial charge in [0.25, 0.3) is 0 Å². The number of nitrogens with one attached hydrogen (secondary N) is 1. The molecule has 2 fully saturated rings. The molecule has 2 heterocycles. The van der Waals surface area contributed by atoms with E-state index in [-0.39, 0.29) is 11.8 Å². The number of hydrogen-bond acceptors (Lipinski definition) is 3. The maximum absolute atomic E-state index is 12.8. The minimum absolute atomic E-state index is 0.00603. The number of piperazine rings is 1. The van der Waals surface area contributed by atoms with Crippen molar-refractivity contribution in [2.24, 2.45) is 0 Å². The summed E-state index contributed by atoms with van der Waals surface area (Å²) in [5, 5.41) is 2.91. The monoisotopic (exact) mass is 287 g/mol. The van der Waals surface area contributed by atoms with E-state index < -0.39 is 11.1 Å². The molecular weight excluding hydrogens is 266 g/mol. The molecule has 2 amide bonds. The van der Waals surface area contributed by atoms with Crippen molar-refractivity contribution in [2.45, 2.75) is 57.2 Å². The first-order chi connectivity index (χ1) is 9.96. The highest BCUT2D eigenvalue weighted by Gasteiger charge is 2.56. The third-order valence-corrected chi connectivity index (χ3v) is 4.64. The summed E-state index contributed by atoms with van der Waals surface area (Å²) in [6.45, 7) is 3.99. The van der Waals surface area contributed by atoms with Gasteiger partial charge >= 0.3 is 0 Å². The van der Waals surface area contributed by atoms with Crippen LogP contribution >= 0.6 is 0 Å². The summed E-state index contributed by atoms with van der Waals surface area (Å²) in [5.41, 5.74) is -0.544. The first-order valence-electron chi connectivity index (χ1n) is 7.49. The fourth-order valence-electron chi connectivity index (χ4n) is 3.46. The van der Waals surface area contributed by atoms with Gasteiger partial charge in [-0.05, 0) is 38.3 Å². The lowest BCUT2D eigenvalue weighted by atomic mass is 9.85. The average molecular weight is 287 g/mol. The third-order valence-electron chi connectivity index (χ3n) is 4.64. The highest BCUT2D eigenvalue weighted by atomic mass is 16.2. The van der Waals surface area contributed by atoms with E-state index in [1.165, 1.54) is 0 Å². The van der Waals surface area contributed by atoms with Crippen molar-refractivity contribution in [3.8, 4) is 0 Å². The van der Waals surface area contributed by atoms with Gasteiger partial charge in [-0.25, -0.2) is 0 Å². The molecule has 0 bridgehead atoms. The summed E-state index contributed by atoms with van der Waals surface area (Å²) in [7, 11) is 0. The molecule has 0 unspecified atom stereocenters. The predicted molar refractivity (Wildman–Crippen MR) is 78.2 cm³/mol. The van der Waals surface area contributed by atoms with Gasteiger partial charge in [-0.1, -0.05) is 18.9 Å². The van der Waals surface area contributed by atoms with Crippen LogP contribution in [0.1, 0.15) is 45.1 Å². The molecule has 1 aliphatic heterocycles. The van der Waals surface area contributed by atoms with Crippen LogP contribution in [-0.2, 0) is 16.1 Å². The van der Waals surface area contributed by atoms with E-state index in [9.17, 15) is 9.59 Å². The molecule has 1 aromatic rings. The van der Waals surface area contributed by atoms with Gasteiger partial charge in [0, 0.05) is 18.9 Å². The molecule has 0 aromatic carbocycles. The van der Waals surface area contributed by atoms with Crippen LogP contribution in [0.5, 0.6) is 0 Å². The Morgan fingerprint density at radius 1 is 1.29 bits per heavy atom. The van der Waals surface area contributed by atoms with Crippen molar-refractivity contribution in [2.75, 3.05) is 0 Å². The van der Waals surface area contributed by atoms with Gasteiger partial charge in [0.15, 0.2) is 0 Å². The third kappa shape index (κ3) is 2.20. The SMILES string of the molecule is CC1(C)NC(=O)C2(CCCC2)N(Cc2cccnc2)C1=O. The summed E-state index contributed by atoms with van der Waals surface area (Å²) in [6.07, 6.45) is 6.95. The van der Waals surface area contributed by atoms with Crippen LogP contribution in [0.4, 0.5) is 0 Å². The minimum atomic E-state index is -0.840. The normalized spacial score (nSPS) is 23.4. The Hall–Kier alpha value is -1.91. The molecule has 1 aromatic heterocycles. The van der Waals surface area contributed by atoms with Crippen LogP contribution in [0.25, 0.3) is 0 Å². The summed E-state index contributed by atoms with van der Waals surface area (Å²) < 4.78 is 0. The smallest absolute Gasteiger partial charge is 0.248 e. The second-order valence-electron chi connectivity index (χ2n) is 6.57. The Morgan fingerprint density at radius 3 is 2.62 bits per heavy atom. The maximum Gasteiger partial charge on any atom is 0.248 e. The van der Waals surface area contributed by atoms with Crippen molar-refractivity contribution in [1.82, 2.24) is 15.2 Å². The Labute approximate surface area is 124 Å². The predicted octanol–water partition coefficient (Wildman–Crippen LogP) is 1.63. The number of carbonyl (C=O) groups excluding carboxylic acids is 2. The number of nitrogens with zero attached hydrogens (tertiary/aromatic N) is 2. The molecule has 1 spiro atoms. The molecule has 3 rings (SSSR count). The Bertz CT molecular complexity index is 562. The van der Waals surface area contributed by atoms with E-state index in [4.69, 9.17) is 0 Å². The summed E-state index contributed by atoms with van der Waals surface area (Å²) >= 11 is 0. The first kappa shape index (κ1) is 14.0. The Kier molecular flexibility index (Phi) is 3.23. The molecule has 1 saturated heterocycles. The van der Waals surface area contributed by atoms with E-state index in [0.717, 1.165) is 31.2 Å². The highest BCUT2D eigenvalue weighted by Crippen LogP contribution is 2.40. The zero-order chi connectivity index (χ0) is 15.1. The van der Waals surface area contributed by atoms with Gasteiger partial charge in [0.1, 0.15) is 11.1 Å². The van der Waals surface area contributed by atoms with Gasteiger partial charge < -0.3 is 10.2 Å². The van der Waals surface area contributed by atoms with Gasteiger partial charge in [0.05, 0.1) is 0 Å². The second-order valence-corrected chi connectivity index (χ2v) is 6.57. The topological polar surface area (TPSA) is 62.3 Å². The van der Waals surface area contributed by atoms with Crippen LogP contribution in [-0.4, -0.2) is 32.8 Å². The van der Waals surface area contributed by atoms with Gasteiger partial charge in [0.2, 0.25) is 11.8 Å². The van der Waals surface area contributed by atoms with Crippen molar-refractivity contribution >= 4 is 11.8 Å². The number of rotatable bonds is 2. The summed E-state index contributed by atoms with van der Waals surface area (Å²) in [4.78, 5) is 31.4.